The summed E-state index contributed by atoms with van der Waals surface area (Å²) < 4.78 is 32.3. The number of carbonyl (C=O) groups excluding carboxylic acids is 1. The summed E-state index contributed by atoms with van der Waals surface area (Å²) in [6.45, 7) is 7.62. The molecule has 0 atom stereocenters. The summed E-state index contributed by atoms with van der Waals surface area (Å²) in [6, 6.07) is 10.1. The predicted octanol–water partition coefficient (Wildman–Crippen LogP) is 3.78. The van der Waals surface area contributed by atoms with E-state index in [2.05, 4.69) is 6.92 Å². The van der Waals surface area contributed by atoms with Crippen molar-refractivity contribution in [3.05, 3.63) is 35.9 Å². The molecule has 178 valence electrons. The van der Waals surface area contributed by atoms with E-state index in [9.17, 15) is 4.79 Å². The molecule has 0 aliphatic carbocycles. The second kappa shape index (κ2) is 21.7. The summed E-state index contributed by atoms with van der Waals surface area (Å²) in [5.41, 5.74) is 1.16. The highest BCUT2D eigenvalue weighted by Gasteiger charge is 2.02. The van der Waals surface area contributed by atoms with Gasteiger partial charge in [0.15, 0.2) is 0 Å². The minimum absolute atomic E-state index is 0.142. The highest BCUT2D eigenvalue weighted by atomic mass is 16.6. The molecule has 0 bridgehead atoms. The lowest BCUT2D eigenvalue weighted by atomic mass is 10.2. The van der Waals surface area contributed by atoms with Gasteiger partial charge < -0.3 is 28.4 Å². The van der Waals surface area contributed by atoms with Crippen molar-refractivity contribution >= 4 is 5.97 Å². The van der Waals surface area contributed by atoms with E-state index in [1.54, 1.807) is 0 Å². The van der Waals surface area contributed by atoms with Crippen LogP contribution in [-0.2, 0) is 39.8 Å². The minimum atomic E-state index is -0.142. The largest absolute Gasteiger partial charge is 0.463 e. The molecule has 0 aliphatic rings. The third-order valence-electron chi connectivity index (χ3n) is 4.32. The molecule has 31 heavy (non-hydrogen) atoms. The molecule has 0 radical (unpaired) electrons. The Hall–Kier alpha value is -1.51. The van der Waals surface area contributed by atoms with Crippen molar-refractivity contribution < 1.29 is 33.2 Å². The summed E-state index contributed by atoms with van der Waals surface area (Å²) in [5.74, 6) is -0.142. The molecule has 0 spiro atoms. The standard InChI is InChI=1S/C24H40O7/c1-2-3-4-8-11-24(25)31-21-20-29-17-16-27-13-12-26-14-15-28-18-19-30-22-23-9-6-5-7-10-23/h5-7,9-10H,2-4,8,11-22H2,1H3. The van der Waals surface area contributed by atoms with Gasteiger partial charge in [-0.15, -0.1) is 0 Å². The highest BCUT2D eigenvalue weighted by molar-refractivity contribution is 5.69. The Morgan fingerprint density at radius 1 is 0.645 bits per heavy atom. The van der Waals surface area contributed by atoms with Crippen LogP contribution in [0.1, 0.15) is 44.6 Å². The third kappa shape index (κ3) is 18.9. The number of esters is 1. The molecule has 0 aliphatic heterocycles. The molecule has 0 saturated carbocycles. The predicted molar refractivity (Wildman–Crippen MR) is 119 cm³/mol. The molecular formula is C24H40O7. The Labute approximate surface area is 187 Å². The van der Waals surface area contributed by atoms with Gasteiger partial charge in [-0.1, -0.05) is 56.5 Å². The summed E-state index contributed by atoms with van der Waals surface area (Å²) in [4.78, 5) is 11.5. The quantitative estimate of drug-likeness (QED) is 0.201. The molecular weight excluding hydrogens is 400 g/mol. The Kier molecular flexibility index (Phi) is 19.3. The first-order chi connectivity index (χ1) is 15.3. The second-order valence-corrected chi connectivity index (χ2v) is 7.02. The van der Waals surface area contributed by atoms with E-state index >= 15 is 0 Å². The molecule has 7 nitrogen and oxygen atoms in total. The van der Waals surface area contributed by atoms with Gasteiger partial charge in [0.25, 0.3) is 0 Å². The molecule has 1 aromatic carbocycles. The van der Waals surface area contributed by atoms with Crippen molar-refractivity contribution in [2.45, 2.75) is 45.6 Å². The van der Waals surface area contributed by atoms with E-state index in [1.165, 1.54) is 6.42 Å². The number of rotatable bonds is 22. The maximum Gasteiger partial charge on any atom is 0.305 e. The van der Waals surface area contributed by atoms with Crippen molar-refractivity contribution in [2.24, 2.45) is 0 Å². The maximum atomic E-state index is 11.5. The van der Waals surface area contributed by atoms with Gasteiger partial charge >= 0.3 is 5.97 Å². The first kappa shape index (κ1) is 27.5. The van der Waals surface area contributed by atoms with E-state index in [-0.39, 0.29) is 5.97 Å². The van der Waals surface area contributed by atoms with Crippen molar-refractivity contribution in [1.82, 2.24) is 0 Å². The van der Waals surface area contributed by atoms with Crippen LogP contribution >= 0.6 is 0 Å². The Morgan fingerprint density at radius 3 is 1.71 bits per heavy atom. The number of carbonyl (C=O) groups is 1. The first-order valence-electron chi connectivity index (χ1n) is 11.4. The van der Waals surface area contributed by atoms with Crippen LogP contribution < -0.4 is 0 Å². The molecule has 1 rings (SSSR count). The molecule has 0 unspecified atom stereocenters. The molecule has 0 heterocycles. The van der Waals surface area contributed by atoms with Gasteiger partial charge in [-0.25, -0.2) is 0 Å². The second-order valence-electron chi connectivity index (χ2n) is 7.02. The van der Waals surface area contributed by atoms with Gasteiger partial charge in [-0.3, -0.25) is 4.79 Å². The molecule has 7 heteroatoms. The van der Waals surface area contributed by atoms with Crippen LogP contribution in [0, 0.1) is 0 Å². The lowest BCUT2D eigenvalue weighted by Crippen LogP contribution is -2.15. The van der Waals surface area contributed by atoms with Crippen LogP contribution in [0.4, 0.5) is 0 Å². The van der Waals surface area contributed by atoms with E-state index in [0.717, 1.165) is 24.8 Å². The van der Waals surface area contributed by atoms with Crippen LogP contribution in [0.25, 0.3) is 0 Å². The fourth-order valence-electron chi connectivity index (χ4n) is 2.63. The molecule has 0 N–H and O–H groups in total. The fourth-order valence-corrected chi connectivity index (χ4v) is 2.63. The van der Waals surface area contributed by atoms with Crippen LogP contribution in [0.2, 0.25) is 0 Å². The van der Waals surface area contributed by atoms with Crippen LogP contribution in [0.5, 0.6) is 0 Å². The number of hydrogen-bond acceptors (Lipinski definition) is 7. The zero-order chi connectivity index (χ0) is 22.2. The maximum absolute atomic E-state index is 11.5. The number of benzene rings is 1. The van der Waals surface area contributed by atoms with Gasteiger partial charge in [0.05, 0.1) is 66.1 Å². The molecule has 0 amide bonds. The smallest absolute Gasteiger partial charge is 0.305 e. The van der Waals surface area contributed by atoms with Gasteiger partial charge in [0, 0.05) is 6.42 Å². The van der Waals surface area contributed by atoms with Crippen LogP contribution in [0.15, 0.2) is 30.3 Å². The lowest BCUT2D eigenvalue weighted by molar-refractivity contribution is -0.145. The highest BCUT2D eigenvalue weighted by Crippen LogP contribution is 2.03. The summed E-state index contributed by atoms with van der Waals surface area (Å²) in [7, 11) is 0. The molecule has 0 fully saturated rings. The number of hydrogen-bond donors (Lipinski definition) is 0. The Balaban J connectivity index is 1.70. The normalized spacial score (nSPS) is 11.0. The number of ether oxygens (including phenoxy) is 6. The molecule has 0 aromatic heterocycles. The van der Waals surface area contributed by atoms with Gasteiger partial charge in [0.2, 0.25) is 0 Å². The Bertz CT molecular complexity index is 510. The van der Waals surface area contributed by atoms with E-state index < -0.39 is 0 Å². The average Bonchev–Trinajstić information content (AvgIpc) is 2.79. The third-order valence-corrected chi connectivity index (χ3v) is 4.32. The number of unbranched alkanes of at least 4 members (excludes halogenated alkanes) is 3. The topological polar surface area (TPSA) is 72.5 Å². The van der Waals surface area contributed by atoms with Crippen LogP contribution in [-0.4, -0.2) is 72.0 Å². The average molecular weight is 441 g/mol. The van der Waals surface area contributed by atoms with Gasteiger partial charge in [0.1, 0.15) is 6.61 Å². The first-order valence-corrected chi connectivity index (χ1v) is 11.4. The fraction of sp³-hybridized carbons (Fsp3) is 0.708. The van der Waals surface area contributed by atoms with E-state index in [0.29, 0.717) is 79.1 Å². The molecule has 0 saturated heterocycles. The van der Waals surface area contributed by atoms with Gasteiger partial charge in [-0.05, 0) is 12.0 Å². The van der Waals surface area contributed by atoms with Crippen molar-refractivity contribution in [1.29, 1.82) is 0 Å². The summed E-state index contributed by atoms with van der Waals surface area (Å²) in [5, 5.41) is 0. The zero-order valence-corrected chi connectivity index (χ0v) is 19.1. The summed E-state index contributed by atoms with van der Waals surface area (Å²) >= 11 is 0. The lowest BCUT2D eigenvalue weighted by Gasteiger charge is -2.08. The SMILES string of the molecule is CCCCCCC(=O)OCCOCCOCCOCCOCCOCc1ccccc1. The monoisotopic (exact) mass is 440 g/mol. The minimum Gasteiger partial charge on any atom is -0.463 e. The Morgan fingerprint density at radius 2 is 1.16 bits per heavy atom. The van der Waals surface area contributed by atoms with E-state index in [1.807, 2.05) is 30.3 Å². The summed E-state index contributed by atoms with van der Waals surface area (Å²) in [6.07, 6.45) is 4.81. The molecule has 1 aromatic rings. The van der Waals surface area contributed by atoms with E-state index in [4.69, 9.17) is 28.4 Å². The van der Waals surface area contributed by atoms with Crippen molar-refractivity contribution in [3.8, 4) is 0 Å². The van der Waals surface area contributed by atoms with Crippen molar-refractivity contribution in [3.63, 3.8) is 0 Å². The van der Waals surface area contributed by atoms with Crippen LogP contribution in [0.3, 0.4) is 0 Å². The zero-order valence-electron chi connectivity index (χ0n) is 19.1. The van der Waals surface area contributed by atoms with Crippen molar-refractivity contribution in [2.75, 3.05) is 66.1 Å². The van der Waals surface area contributed by atoms with Gasteiger partial charge in [-0.2, -0.15) is 0 Å².